The van der Waals surface area contributed by atoms with Crippen LogP contribution in [0.25, 0.3) is 0 Å². The molecule has 2 aliphatic rings. The maximum atomic E-state index is 7.07. The van der Waals surface area contributed by atoms with Crippen LogP contribution in [0.3, 0.4) is 0 Å². The summed E-state index contributed by atoms with van der Waals surface area (Å²) in [5.41, 5.74) is 5.27. The maximum absolute atomic E-state index is 7.07. The smallest absolute Gasteiger partial charge is 0.191 e. The van der Waals surface area contributed by atoms with Crippen molar-refractivity contribution in [3.8, 4) is 0 Å². The van der Waals surface area contributed by atoms with E-state index in [4.69, 9.17) is 23.7 Å². The molecule has 0 spiro atoms. The van der Waals surface area contributed by atoms with Crippen LogP contribution in [0.2, 0.25) is 19.6 Å². The highest BCUT2D eigenvalue weighted by Crippen LogP contribution is 2.44. The Morgan fingerprint density at radius 3 is 1.77 bits per heavy atom. The molecule has 2 fully saturated rings. The topological polar surface area (TPSA) is 46.2 Å². The first kappa shape index (κ1) is 27.6. The zero-order valence-corrected chi connectivity index (χ0v) is 24.4. The van der Waals surface area contributed by atoms with Gasteiger partial charge in [0.1, 0.15) is 25.2 Å². The minimum atomic E-state index is -1.85. The highest BCUT2D eigenvalue weighted by Gasteiger charge is 2.57. The van der Waals surface area contributed by atoms with Gasteiger partial charge in [-0.3, -0.25) is 0 Å². The highest BCUT2D eigenvalue weighted by molar-refractivity contribution is 6.82. The van der Waals surface area contributed by atoms with Crippen LogP contribution in [0.5, 0.6) is 0 Å². The minimum Gasteiger partial charge on any atom is -0.486 e. The van der Waals surface area contributed by atoms with Gasteiger partial charge in [0.25, 0.3) is 0 Å². The predicted molar refractivity (Wildman–Crippen MR) is 155 cm³/mol. The molecule has 39 heavy (non-hydrogen) atoms. The lowest BCUT2D eigenvalue weighted by Crippen LogP contribution is -2.43. The number of benzene rings is 3. The molecule has 5 nitrogen and oxygen atoms in total. The third kappa shape index (κ3) is 5.55. The van der Waals surface area contributed by atoms with Crippen LogP contribution in [0, 0.1) is 0 Å². The Hall–Kier alpha value is -2.96. The van der Waals surface area contributed by atoms with E-state index in [9.17, 15) is 0 Å². The fourth-order valence-electron chi connectivity index (χ4n) is 5.42. The van der Waals surface area contributed by atoms with Crippen molar-refractivity contribution >= 4 is 8.07 Å². The quantitative estimate of drug-likeness (QED) is 0.129. The van der Waals surface area contributed by atoms with Gasteiger partial charge in [-0.05, 0) is 30.5 Å². The molecule has 0 N–H and O–H groups in total. The van der Waals surface area contributed by atoms with Gasteiger partial charge in [-0.15, -0.1) is 0 Å². The molecule has 4 atom stereocenters. The monoisotopic (exact) mass is 542 g/mol. The van der Waals surface area contributed by atoms with Gasteiger partial charge in [0.05, 0.1) is 6.61 Å². The van der Waals surface area contributed by atoms with Crippen LogP contribution >= 0.6 is 0 Å². The number of rotatable bonds is 9. The van der Waals surface area contributed by atoms with Crippen molar-refractivity contribution in [1.82, 2.24) is 0 Å². The van der Waals surface area contributed by atoms with E-state index in [1.807, 2.05) is 68.4 Å². The molecule has 0 radical (unpaired) electrons. The molecule has 2 saturated heterocycles. The van der Waals surface area contributed by atoms with Crippen molar-refractivity contribution in [1.29, 1.82) is 0 Å². The fourth-order valence-corrected chi connectivity index (χ4v) is 6.44. The number of hydrogen-bond donors (Lipinski definition) is 0. The average Bonchev–Trinajstić information content (AvgIpc) is 3.39. The Bertz CT molecular complexity index is 1200. The van der Waals surface area contributed by atoms with Crippen LogP contribution in [-0.2, 0) is 29.3 Å². The molecule has 0 aliphatic carbocycles. The SMILES string of the molecule is C=C=C(O[C@@H]1[C@H]2OC(C)(C)O[C@H]2O[C@@H]1COC(c1ccccc1)(c1ccccc1)c1ccccc1)[Si](C)(C)C. The summed E-state index contributed by atoms with van der Waals surface area (Å²) in [6.45, 7) is 14.6. The van der Waals surface area contributed by atoms with Gasteiger partial charge >= 0.3 is 0 Å². The van der Waals surface area contributed by atoms with E-state index in [2.05, 4.69) is 68.3 Å². The first-order valence-electron chi connectivity index (χ1n) is 13.5. The average molecular weight is 543 g/mol. The van der Waals surface area contributed by atoms with Gasteiger partial charge < -0.3 is 23.7 Å². The molecular formula is C33H38O5Si. The van der Waals surface area contributed by atoms with E-state index in [0.717, 1.165) is 22.1 Å². The molecule has 5 rings (SSSR count). The zero-order chi connectivity index (χ0) is 27.7. The number of ether oxygens (including phenoxy) is 5. The summed E-state index contributed by atoms with van der Waals surface area (Å²) < 4.78 is 32.5. The lowest BCUT2D eigenvalue weighted by atomic mass is 9.80. The Balaban J connectivity index is 1.54. The first-order valence-corrected chi connectivity index (χ1v) is 17.0. The van der Waals surface area contributed by atoms with Crippen molar-refractivity contribution in [2.45, 2.75) is 69.5 Å². The fraction of sp³-hybridized carbons (Fsp3) is 0.364. The predicted octanol–water partition coefficient (Wildman–Crippen LogP) is 6.80. The molecule has 3 aromatic rings. The summed E-state index contributed by atoms with van der Waals surface area (Å²) in [5, 5.41) is 0.787. The second-order valence-corrected chi connectivity index (χ2v) is 16.5. The van der Waals surface area contributed by atoms with Gasteiger partial charge in [-0.1, -0.05) is 123 Å². The first-order chi connectivity index (χ1) is 18.6. The van der Waals surface area contributed by atoms with Crippen LogP contribution in [0.4, 0.5) is 0 Å². The molecule has 3 aromatic carbocycles. The van der Waals surface area contributed by atoms with Gasteiger partial charge in [-0.25, -0.2) is 0 Å². The van der Waals surface area contributed by atoms with E-state index >= 15 is 0 Å². The van der Waals surface area contributed by atoms with Crippen molar-refractivity contribution in [3.05, 3.63) is 125 Å². The Kier molecular flexibility index (Phi) is 7.71. The minimum absolute atomic E-state index is 0.250. The lowest BCUT2D eigenvalue weighted by molar-refractivity contribution is -0.223. The summed E-state index contributed by atoms with van der Waals surface area (Å²) in [6, 6.07) is 31.0. The standard InChI is InChI=1S/C33H38O5Si/c1-7-28(39(4,5)6)36-29-27(35-31-30(29)37-32(2,3)38-31)23-34-33(24-17-11-8-12-18-24,25-19-13-9-14-20-25)26-21-15-10-16-22-26/h8-22,27,29-31H,1,23H2,2-6H3/t27-,29+,30-,31-/m1/s1. The lowest BCUT2D eigenvalue weighted by Gasteiger charge is -2.37. The van der Waals surface area contributed by atoms with Gasteiger partial charge in [0, 0.05) is 0 Å². The molecule has 0 amide bonds. The van der Waals surface area contributed by atoms with Crippen molar-refractivity contribution < 1.29 is 23.7 Å². The largest absolute Gasteiger partial charge is 0.486 e. The Labute approximate surface area is 233 Å². The van der Waals surface area contributed by atoms with E-state index in [1.54, 1.807) is 0 Å². The summed E-state index contributed by atoms with van der Waals surface area (Å²) in [6.07, 6.45) is -1.82. The molecule has 0 bridgehead atoms. The maximum Gasteiger partial charge on any atom is 0.191 e. The van der Waals surface area contributed by atoms with Gasteiger partial charge in [0.2, 0.25) is 0 Å². The van der Waals surface area contributed by atoms with Crippen LogP contribution in [-0.4, -0.2) is 45.1 Å². The van der Waals surface area contributed by atoms with E-state index < -0.39 is 44.1 Å². The molecule has 2 aliphatic heterocycles. The molecule has 0 unspecified atom stereocenters. The van der Waals surface area contributed by atoms with Gasteiger partial charge in [0.15, 0.2) is 24.3 Å². The van der Waals surface area contributed by atoms with E-state index in [1.165, 1.54) is 0 Å². The Morgan fingerprint density at radius 2 is 1.33 bits per heavy atom. The Morgan fingerprint density at radius 1 is 0.846 bits per heavy atom. The second-order valence-electron chi connectivity index (χ2n) is 11.6. The summed E-state index contributed by atoms with van der Waals surface area (Å²) in [4.78, 5) is 0. The number of hydrogen-bond acceptors (Lipinski definition) is 5. The summed E-state index contributed by atoms with van der Waals surface area (Å²) in [7, 11) is -1.85. The van der Waals surface area contributed by atoms with Crippen LogP contribution in [0.1, 0.15) is 30.5 Å². The van der Waals surface area contributed by atoms with E-state index in [-0.39, 0.29) is 6.61 Å². The third-order valence-corrected chi connectivity index (χ3v) is 8.84. The zero-order valence-electron chi connectivity index (χ0n) is 23.4. The third-order valence-electron chi connectivity index (χ3n) is 7.19. The van der Waals surface area contributed by atoms with E-state index in [0.29, 0.717) is 0 Å². The van der Waals surface area contributed by atoms with Crippen molar-refractivity contribution in [2.24, 2.45) is 0 Å². The molecule has 2 heterocycles. The molecule has 6 heteroatoms. The normalized spacial score (nSPS) is 24.1. The summed E-state index contributed by atoms with van der Waals surface area (Å²) >= 11 is 0. The van der Waals surface area contributed by atoms with Crippen LogP contribution in [0.15, 0.2) is 109 Å². The summed E-state index contributed by atoms with van der Waals surface area (Å²) in [5.74, 6) is -0.762. The molecule has 204 valence electrons. The molecule has 0 saturated carbocycles. The highest BCUT2D eigenvalue weighted by atomic mass is 28.3. The van der Waals surface area contributed by atoms with Gasteiger partial charge in [-0.2, -0.15) is 0 Å². The number of fused-ring (bicyclic) bond motifs is 1. The second kappa shape index (κ2) is 10.9. The molecule has 0 aromatic heterocycles. The van der Waals surface area contributed by atoms with Crippen LogP contribution < -0.4 is 0 Å². The molecular weight excluding hydrogens is 504 g/mol. The van der Waals surface area contributed by atoms with Crippen molar-refractivity contribution in [3.63, 3.8) is 0 Å². The van der Waals surface area contributed by atoms with Crippen molar-refractivity contribution in [2.75, 3.05) is 6.61 Å².